The number of nitrogens with zero attached hydrogens (tertiary/aromatic N) is 2. The molecule has 4 aliphatic rings. The van der Waals surface area contributed by atoms with E-state index in [1.165, 1.54) is 38.5 Å². The van der Waals surface area contributed by atoms with E-state index < -0.39 is 0 Å². The fourth-order valence-electron chi connectivity index (χ4n) is 5.69. The minimum Gasteiger partial charge on any atom is -0.394 e. The third-order valence-electron chi connectivity index (χ3n) is 6.21. The highest BCUT2D eigenvalue weighted by atomic mass is 15.3. The van der Waals surface area contributed by atoms with Crippen LogP contribution in [-0.4, -0.2) is 15.8 Å². The summed E-state index contributed by atoms with van der Waals surface area (Å²) in [6.07, 6.45) is 10.6. The second kappa shape index (κ2) is 4.15. The summed E-state index contributed by atoms with van der Waals surface area (Å²) in [5, 5.41) is 8.09. The van der Waals surface area contributed by atoms with Gasteiger partial charge in [0.25, 0.3) is 0 Å². The molecule has 1 atom stereocenters. The van der Waals surface area contributed by atoms with Crippen molar-refractivity contribution in [1.82, 2.24) is 9.78 Å². The molecule has 4 nitrogen and oxygen atoms in total. The van der Waals surface area contributed by atoms with Crippen LogP contribution in [0, 0.1) is 23.2 Å². The first-order valence-electron chi connectivity index (χ1n) is 8.10. The molecule has 0 radical (unpaired) electrons. The van der Waals surface area contributed by atoms with Crippen molar-refractivity contribution in [2.75, 3.05) is 11.1 Å². The summed E-state index contributed by atoms with van der Waals surface area (Å²) in [6.45, 7) is 2.35. The molecule has 4 saturated carbocycles. The van der Waals surface area contributed by atoms with E-state index in [2.05, 4.69) is 17.3 Å². The molecule has 110 valence electrons. The zero-order chi connectivity index (χ0) is 13.9. The molecule has 0 amide bonds. The van der Waals surface area contributed by atoms with E-state index in [4.69, 9.17) is 5.73 Å². The molecule has 0 spiro atoms. The summed E-state index contributed by atoms with van der Waals surface area (Å²) in [6, 6.07) is 0.480. The molecule has 1 unspecified atom stereocenters. The Morgan fingerprint density at radius 1 is 1.25 bits per heavy atom. The highest BCUT2D eigenvalue weighted by Crippen LogP contribution is 2.61. The van der Waals surface area contributed by atoms with Gasteiger partial charge in [0.2, 0.25) is 0 Å². The number of nitrogens with one attached hydrogen (secondary N) is 1. The van der Waals surface area contributed by atoms with E-state index in [1.807, 2.05) is 13.2 Å². The van der Waals surface area contributed by atoms with Crippen LogP contribution in [0.1, 0.15) is 45.4 Å². The highest BCUT2D eigenvalue weighted by molar-refractivity contribution is 5.60. The maximum absolute atomic E-state index is 6.04. The third kappa shape index (κ3) is 1.84. The predicted molar refractivity (Wildman–Crippen MR) is 81.3 cm³/mol. The summed E-state index contributed by atoms with van der Waals surface area (Å²) in [4.78, 5) is 0. The van der Waals surface area contributed by atoms with Gasteiger partial charge in [0, 0.05) is 19.3 Å². The first-order valence-corrected chi connectivity index (χ1v) is 8.10. The summed E-state index contributed by atoms with van der Waals surface area (Å²) < 4.78 is 1.80. The number of nitrogens with two attached hydrogens (primary N) is 1. The van der Waals surface area contributed by atoms with E-state index >= 15 is 0 Å². The summed E-state index contributed by atoms with van der Waals surface area (Å²) in [5.74, 6) is 3.85. The van der Waals surface area contributed by atoms with Crippen molar-refractivity contribution in [3.8, 4) is 0 Å². The van der Waals surface area contributed by atoms with Gasteiger partial charge in [0.05, 0.1) is 5.69 Å². The average Bonchev–Trinajstić information content (AvgIpc) is 2.66. The second-order valence-corrected chi connectivity index (χ2v) is 7.75. The molecule has 1 aromatic rings. The van der Waals surface area contributed by atoms with Crippen molar-refractivity contribution in [2.45, 2.75) is 51.5 Å². The van der Waals surface area contributed by atoms with Crippen LogP contribution in [0.5, 0.6) is 0 Å². The number of hydrogen-bond donors (Lipinski definition) is 2. The SMILES string of the molecule is CC(Nc1nn(C)cc1N)C12CC3CC(CC(C3)C1)C2. The Morgan fingerprint density at radius 2 is 1.80 bits per heavy atom. The third-order valence-corrected chi connectivity index (χ3v) is 6.21. The van der Waals surface area contributed by atoms with Crippen molar-refractivity contribution in [1.29, 1.82) is 0 Å². The minimum atomic E-state index is 0.480. The zero-order valence-electron chi connectivity index (χ0n) is 12.6. The Balaban J connectivity index is 1.56. The minimum absolute atomic E-state index is 0.480. The maximum atomic E-state index is 6.04. The number of aryl methyl sites for hydroxylation is 1. The average molecular weight is 274 g/mol. The molecular weight excluding hydrogens is 248 g/mol. The van der Waals surface area contributed by atoms with E-state index in [0.717, 1.165) is 29.3 Å². The topological polar surface area (TPSA) is 55.9 Å². The smallest absolute Gasteiger partial charge is 0.171 e. The lowest BCUT2D eigenvalue weighted by molar-refractivity contribution is -0.0603. The van der Waals surface area contributed by atoms with Crippen LogP contribution in [-0.2, 0) is 7.05 Å². The predicted octanol–water partition coefficient (Wildman–Crippen LogP) is 3.02. The van der Waals surface area contributed by atoms with Gasteiger partial charge in [-0.2, -0.15) is 5.10 Å². The molecule has 4 heteroatoms. The van der Waals surface area contributed by atoms with Gasteiger partial charge in [0.15, 0.2) is 5.82 Å². The largest absolute Gasteiger partial charge is 0.394 e. The lowest BCUT2D eigenvalue weighted by atomic mass is 9.48. The van der Waals surface area contributed by atoms with Gasteiger partial charge in [-0.05, 0) is 68.6 Å². The van der Waals surface area contributed by atoms with Crippen molar-refractivity contribution in [3.05, 3.63) is 6.20 Å². The lowest BCUT2D eigenvalue weighted by Gasteiger charge is -2.59. The van der Waals surface area contributed by atoms with Gasteiger partial charge in [-0.3, -0.25) is 4.68 Å². The van der Waals surface area contributed by atoms with Crippen LogP contribution in [0.4, 0.5) is 11.5 Å². The Labute approximate surface area is 121 Å². The molecule has 0 aromatic carbocycles. The Bertz CT molecular complexity index is 483. The van der Waals surface area contributed by atoms with Gasteiger partial charge in [-0.25, -0.2) is 0 Å². The normalized spacial score (nSPS) is 40.0. The first kappa shape index (κ1) is 12.5. The Kier molecular flexibility index (Phi) is 2.60. The molecule has 4 bridgehead atoms. The summed E-state index contributed by atoms with van der Waals surface area (Å²) in [5.41, 5.74) is 7.30. The molecule has 1 heterocycles. The Hall–Kier alpha value is -1.19. The molecular formula is C16H26N4. The van der Waals surface area contributed by atoms with Crippen LogP contribution >= 0.6 is 0 Å². The van der Waals surface area contributed by atoms with Gasteiger partial charge < -0.3 is 11.1 Å². The van der Waals surface area contributed by atoms with Crippen molar-refractivity contribution >= 4 is 11.5 Å². The fraction of sp³-hybridized carbons (Fsp3) is 0.812. The summed E-state index contributed by atoms with van der Waals surface area (Å²) >= 11 is 0. The lowest BCUT2D eigenvalue weighted by Crippen LogP contribution is -2.53. The molecule has 20 heavy (non-hydrogen) atoms. The molecule has 0 aliphatic heterocycles. The number of anilines is 2. The van der Waals surface area contributed by atoms with Crippen LogP contribution in [0.25, 0.3) is 0 Å². The van der Waals surface area contributed by atoms with Crippen LogP contribution < -0.4 is 11.1 Å². The monoisotopic (exact) mass is 274 g/mol. The van der Waals surface area contributed by atoms with Gasteiger partial charge in [-0.15, -0.1) is 0 Å². The van der Waals surface area contributed by atoms with Crippen LogP contribution in [0.15, 0.2) is 6.20 Å². The fourth-order valence-corrected chi connectivity index (χ4v) is 5.69. The molecule has 4 aliphatic carbocycles. The highest BCUT2D eigenvalue weighted by Gasteiger charge is 2.53. The number of aromatic nitrogens is 2. The Morgan fingerprint density at radius 3 is 2.25 bits per heavy atom. The van der Waals surface area contributed by atoms with E-state index in [0.29, 0.717) is 11.5 Å². The van der Waals surface area contributed by atoms with E-state index in [1.54, 1.807) is 4.68 Å². The van der Waals surface area contributed by atoms with E-state index in [9.17, 15) is 0 Å². The number of nitrogen functional groups attached to an aromatic ring is 1. The van der Waals surface area contributed by atoms with Gasteiger partial charge in [-0.1, -0.05) is 0 Å². The number of hydrogen-bond acceptors (Lipinski definition) is 3. The van der Waals surface area contributed by atoms with Gasteiger partial charge >= 0.3 is 0 Å². The number of rotatable bonds is 3. The molecule has 1 aromatic heterocycles. The zero-order valence-corrected chi connectivity index (χ0v) is 12.6. The van der Waals surface area contributed by atoms with E-state index in [-0.39, 0.29) is 0 Å². The van der Waals surface area contributed by atoms with Crippen molar-refractivity contribution in [2.24, 2.45) is 30.2 Å². The van der Waals surface area contributed by atoms with Gasteiger partial charge in [0.1, 0.15) is 0 Å². The quantitative estimate of drug-likeness (QED) is 0.891. The summed E-state index contributed by atoms with van der Waals surface area (Å²) in [7, 11) is 1.93. The molecule has 3 N–H and O–H groups in total. The maximum Gasteiger partial charge on any atom is 0.171 e. The molecule has 0 saturated heterocycles. The second-order valence-electron chi connectivity index (χ2n) is 7.75. The van der Waals surface area contributed by atoms with Crippen molar-refractivity contribution in [3.63, 3.8) is 0 Å². The molecule has 4 fully saturated rings. The van der Waals surface area contributed by atoms with Crippen LogP contribution in [0.2, 0.25) is 0 Å². The van der Waals surface area contributed by atoms with Crippen molar-refractivity contribution < 1.29 is 0 Å². The molecule has 5 rings (SSSR count). The standard InChI is InChI=1S/C16H26N4/c1-10(18-15-14(17)9-20(2)19-15)16-6-11-3-12(7-16)5-13(4-11)8-16/h9-13H,3-8,17H2,1-2H3,(H,18,19). The first-order chi connectivity index (χ1) is 9.54. The van der Waals surface area contributed by atoms with Crippen LogP contribution in [0.3, 0.4) is 0 Å².